The molecule has 3 aromatic rings. The molecule has 1 aliphatic rings. The lowest BCUT2D eigenvalue weighted by atomic mass is 10.1. The van der Waals surface area contributed by atoms with Crippen molar-refractivity contribution in [3.8, 4) is 0 Å². The third kappa shape index (κ3) is 2.67. The molecule has 0 saturated carbocycles. The van der Waals surface area contributed by atoms with Gasteiger partial charge in [0.1, 0.15) is 20.9 Å². The van der Waals surface area contributed by atoms with Crippen molar-refractivity contribution in [1.29, 1.82) is 0 Å². The summed E-state index contributed by atoms with van der Waals surface area (Å²) in [6, 6.07) is 0. The molecule has 6 nitrogen and oxygen atoms in total. The van der Waals surface area contributed by atoms with Crippen molar-refractivity contribution in [3.05, 3.63) is 26.8 Å². The minimum Gasteiger partial charge on any atom is -0.293 e. The van der Waals surface area contributed by atoms with Gasteiger partial charge in [-0.05, 0) is 35.9 Å². The molecule has 25 heavy (non-hydrogen) atoms. The fourth-order valence-electron chi connectivity index (χ4n) is 2.60. The van der Waals surface area contributed by atoms with Crippen molar-refractivity contribution in [3.63, 3.8) is 0 Å². The van der Waals surface area contributed by atoms with Gasteiger partial charge >= 0.3 is 0 Å². The van der Waals surface area contributed by atoms with Gasteiger partial charge in [0.05, 0.1) is 38.5 Å². The number of amides is 1. The van der Waals surface area contributed by atoms with Gasteiger partial charge in [0.2, 0.25) is 0 Å². The molecule has 1 aliphatic heterocycles. The van der Waals surface area contributed by atoms with Crippen molar-refractivity contribution in [2.24, 2.45) is 0 Å². The SMILES string of the molecule is CCN1C(=O)/C(=C/c2cnc3c(Br)c4nsnc4c(C)c3n2)SC1=S. The lowest BCUT2D eigenvalue weighted by Crippen LogP contribution is -2.27. The monoisotopic (exact) mass is 451 g/mol. The number of hydrogen-bond acceptors (Lipinski definition) is 8. The Morgan fingerprint density at radius 1 is 1.28 bits per heavy atom. The number of thiocarbonyl (C=S) groups is 1. The number of halogens is 1. The molecule has 0 N–H and O–H groups in total. The van der Waals surface area contributed by atoms with Crippen LogP contribution in [0.25, 0.3) is 28.1 Å². The largest absolute Gasteiger partial charge is 0.293 e. The predicted molar refractivity (Wildman–Crippen MR) is 109 cm³/mol. The van der Waals surface area contributed by atoms with Gasteiger partial charge in [-0.2, -0.15) is 8.75 Å². The molecule has 0 bridgehead atoms. The number of aryl methyl sites for hydroxylation is 1. The summed E-state index contributed by atoms with van der Waals surface area (Å²) in [5, 5.41) is 0. The van der Waals surface area contributed by atoms with E-state index < -0.39 is 0 Å². The van der Waals surface area contributed by atoms with Crippen LogP contribution in [-0.4, -0.2) is 40.4 Å². The summed E-state index contributed by atoms with van der Waals surface area (Å²) in [4.78, 5) is 23.7. The van der Waals surface area contributed by atoms with Crippen molar-refractivity contribution >= 4 is 90.0 Å². The quantitative estimate of drug-likeness (QED) is 0.431. The van der Waals surface area contributed by atoms with Crippen LogP contribution < -0.4 is 0 Å². The zero-order valence-electron chi connectivity index (χ0n) is 13.1. The summed E-state index contributed by atoms with van der Waals surface area (Å²) in [7, 11) is 0. The zero-order valence-corrected chi connectivity index (χ0v) is 17.1. The van der Waals surface area contributed by atoms with Crippen molar-refractivity contribution in [2.45, 2.75) is 13.8 Å². The van der Waals surface area contributed by atoms with Crippen molar-refractivity contribution in [1.82, 2.24) is 23.6 Å². The highest BCUT2D eigenvalue weighted by atomic mass is 79.9. The number of carbonyl (C=O) groups is 1. The second kappa shape index (κ2) is 6.35. The summed E-state index contributed by atoms with van der Waals surface area (Å²) in [5.74, 6) is -0.0866. The molecule has 0 radical (unpaired) electrons. The Morgan fingerprint density at radius 3 is 2.76 bits per heavy atom. The number of rotatable bonds is 2. The first kappa shape index (κ1) is 17.0. The summed E-state index contributed by atoms with van der Waals surface area (Å²) in [5.41, 5.74) is 4.62. The molecule has 1 amide bonds. The van der Waals surface area contributed by atoms with E-state index in [1.54, 1.807) is 17.2 Å². The lowest BCUT2D eigenvalue weighted by molar-refractivity contribution is -0.121. The Bertz CT molecular complexity index is 1090. The van der Waals surface area contributed by atoms with Gasteiger partial charge in [-0.15, -0.1) is 0 Å². The van der Waals surface area contributed by atoms with Crippen LogP contribution in [0.5, 0.6) is 0 Å². The maximum Gasteiger partial charge on any atom is 0.266 e. The summed E-state index contributed by atoms with van der Waals surface area (Å²) < 4.78 is 10.0. The van der Waals surface area contributed by atoms with E-state index in [-0.39, 0.29) is 5.91 Å². The fourth-order valence-corrected chi connectivity index (χ4v) is 5.26. The smallest absolute Gasteiger partial charge is 0.266 e. The number of hydrogen-bond donors (Lipinski definition) is 0. The first-order valence-corrected chi connectivity index (χ1v) is 10.1. The average Bonchev–Trinajstić information content (AvgIpc) is 3.18. The van der Waals surface area contributed by atoms with Gasteiger partial charge < -0.3 is 0 Å². The maximum absolute atomic E-state index is 12.4. The van der Waals surface area contributed by atoms with Gasteiger partial charge in [0, 0.05) is 12.1 Å². The van der Waals surface area contributed by atoms with E-state index in [4.69, 9.17) is 12.2 Å². The molecule has 1 aromatic carbocycles. The predicted octanol–water partition coefficient (Wildman–Crippen LogP) is 3.93. The first-order valence-electron chi connectivity index (χ1n) is 7.33. The van der Waals surface area contributed by atoms with Gasteiger partial charge in [-0.25, -0.2) is 4.98 Å². The molecule has 1 fully saturated rings. The average molecular weight is 452 g/mol. The van der Waals surface area contributed by atoms with Crippen LogP contribution in [0.2, 0.25) is 0 Å². The summed E-state index contributed by atoms with van der Waals surface area (Å²) >= 11 is 11.2. The van der Waals surface area contributed by atoms with E-state index in [0.29, 0.717) is 21.5 Å². The van der Waals surface area contributed by atoms with Crippen molar-refractivity contribution in [2.75, 3.05) is 6.54 Å². The van der Waals surface area contributed by atoms with Crippen LogP contribution in [0, 0.1) is 6.92 Å². The Kier molecular flexibility index (Phi) is 4.30. The normalized spacial score (nSPS) is 16.8. The van der Waals surface area contributed by atoms with E-state index in [2.05, 4.69) is 34.6 Å². The molecule has 0 unspecified atom stereocenters. The molecular formula is C15H10BrN5OS3. The van der Waals surface area contributed by atoms with E-state index in [1.165, 1.54) is 11.8 Å². The maximum atomic E-state index is 12.4. The number of fused-ring (bicyclic) bond motifs is 2. The van der Waals surface area contributed by atoms with Crippen LogP contribution in [0.4, 0.5) is 0 Å². The standard InChI is InChI=1S/C15H10BrN5OS3/c1-3-21-14(22)8(24-15(21)23)4-7-5-17-12-9(16)13-11(19-25-20-13)6(2)10(12)18-7/h4-5H,3H2,1-2H3/b8-4-. The molecule has 0 spiro atoms. The molecule has 3 heterocycles. The van der Waals surface area contributed by atoms with Gasteiger partial charge in [-0.3, -0.25) is 14.7 Å². The molecule has 4 rings (SSSR count). The highest BCUT2D eigenvalue weighted by Crippen LogP contribution is 2.34. The fraction of sp³-hybridized carbons (Fsp3) is 0.200. The molecule has 0 atom stereocenters. The van der Waals surface area contributed by atoms with Crippen LogP contribution in [0.15, 0.2) is 15.6 Å². The highest BCUT2D eigenvalue weighted by molar-refractivity contribution is 9.10. The third-order valence-electron chi connectivity index (χ3n) is 3.87. The van der Waals surface area contributed by atoms with Crippen LogP contribution in [-0.2, 0) is 4.79 Å². The van der Waals surface area contributed by atoms with Crippen molar-refractivity contribution < 1.29 is 4.79 Å². The second-order valence-electron chi connectivity index (χ2n) is 5.32. The molecule has 0 aliphatic carbocycles. The highest BCUT2D eigenvalue weighted by Gasteiger charge is 2.30. The number of thioether (sulfide) groups is 1. The molecule has 2 aromatic heterocycles. The minimum atomic E-state index is -0.0866. The summed E-state index contributed by atoms with van der Waals surface area (Å²) in [6.45, 7) is 4.41. The van der Waals surface area contributed by atoms with E-state index >= 15 is 0 Å². The van der Waals surface area contributed by atoms with Gasteiger partial charge in [0.15, 0.2) is 0 Å². The lowest BCUT2D eigenvalue weighted by Gasteiger charge is -2.09. The Balaban J connectivity index is 1.86. The summed E-state index contributed by atoms with van der Waals surface area (Å²) in [6.07, 6.45) is 3.38. The Morgan fingerprint density at radius 2 is 2.04 bits per heavy atom. The number of nitrogens with zero attached hydrogens (tertiary/aromatic N) is 5. The number of benzene rings is 1. The Hall–Kier alpha value is -1.49. The number of aromatic nitrogens is 4. The molecule has 10 heteroatoms. The van der Waals surface area contributed by atoms with Crippen LogP contribution >= 0.6 is 51.6 Å². The third-order valence-corrected chi connectivity index (χ3v) is 6.53. The van der Waals surface area contributed by atoms with Crippen LogP contribution in [0.3, 0.4) is 0 Å². The Labute approximate surface area is 165 Å². The second-order valence-corrected chi connectivity index (χ2v) is 8.32. The number of likely N-dealkylation sites (N-methyl/N-ethyl adjacent to an activating group) is 1. The van der Waals surface area contributed by atoms with E-state index in [0.717, 1.165) is 43.8 Å². The topological polar surface area (TPSA) is 71.9 Å². The van der Waals surface area contributed by atoms with Gasteiger partial charge in [-0.1, -0.05) is 24.0 Å². The zero-order chi connectivity index (χ0) is 17.7. The van der Waals surface area contributed by atoms with Crippen LogP contribution in [0.1, 0.15) is 18.2 Å². The molecule has 126 valence electrons. The molecular weight excluding hydrogens is 442 g/mol. The van der Waals surface area contributed by atoms with Gasteiger partial charge in [0.25, 0.3) is 5.91 Å². The van der Waals surface area contributed by atoms with E-state index in [1.807, 2.05) is 13.8 Å². The molecule has 1 saturated heterocycles. The first-order chi connectivity index (χ1) is 12.0. The minimum absolute atomic E-state index is 0.0866. The number of carbonyl (C=O) groups excluding carboxylic acids is 1. The van der Waals surface area contributed by atoms with E-state index in [9.17, 15) is 4.79 Å².